The van der Waals surface area contributed by atoms with Crippen molar-refractivity contribution in [2.75, 3.05) is 23.4 Å². The van der Waals surface area contributed by atoms with Crippen molar-refractivity contribution < 1.29 is 4.39 Å². The van der Waals surface area contributed by atoms with Gasteiger partial charge in [-0.05, 0) is 18.2 Å². The summed E-state index contributed by atoms with van der Waals surface area (Å²) < 4.78 is 12.8. The zero-order valence-electron chi connectivity index (χ0n) is 8.66. The molecule has 0 aliphatic rings. The molecule has 1 aromatic rings. The minimum atomic E-state index is -0.399. The quantitative estimate of drug-likeness (QED) is 0.628. The van der Waals surface area contributed by atoms with Crippen molar-refractivity contribution in [1.29, 1.82) is 5.26 Å². The molecule has 0 aromatic heterocycles. The summed E-state index contributed by atoms with van der Waals surface area (Å²) in [6.07, 6.45) is 5.11. The molecular formula is C12H11FN2S. The van der Waals surface area contributed by atoms with Crippen LogP contribution < -0.4 is 5.32 Å². The maximum absolute atomic E-state index is 12.8. The molecule has 16 heavy (non-hydrogen) atoms. The number of rotatable bonds is 5. The third-order valence-corrected chi connectivity index (χ3v) is 2.71. The first-order valence-corrected chi connectivity index (χ1v) is 5.88. The van der Waals surface area contributed by atoms with Gasteiger partial charge in [0.15, 0.2) is 0 Å². The third-order valence-electron chi connectivity index (χ3n) is 1.85. The Hall–Kier alpha value is -1.65. The molecule has 1 N–H and O–H groups in total. The van der Waals surface area contributed by atoms with Gasteiger partial charge in [-0.3, -0.25) is 0 Å². The van der Waals surface area contributed by atoms with Crippen molar-refractivity contribution in [2.45, 2.75) is 0 Å². The van der Waals surface area contributed by atoms with Crippen LogP contribution in [0, 0.1) is 29.5 Å². The lowest BCUT2D eigenvalue weighted by atomic mass is 10.2. The Kier molecular flexibility index (Phi) is 5.25. The molecule has 0 aliphatic carbocycles. The first-order chi connectivity index (χ1) is 7.77. The largest absolute Gasteiger partial charge is 0.383 e. The Morgan fingerprint density at radius 2 is 2.31 bits per heavy atom. The average Bonchev–Trinajstić information content (AvgIpc) is 2.30. The SMILES string of the molecule is C#CCSCCNc1ccc(F)cc1C#N. The van der Waals surface area contributed by atoms with E-state index in [4.69, 9.17) is 11.7 Å². The first kappa shape index (κ1) is 12.4. The fraction of sp³-hybridized carbons (Fsp3) is 0.250. The highest BCUT2D eigenvalue weighted by Gasteiger charge is 2.02. The molecule has 0 radical (unpaired) electrons. The summed E-state index contributed by atoms with van der Waals surface area (Å²) in [4.78, 5) is 0. The van der Waals surface area contributed by atoms with Gasteiger partial charge in [-0.2, -0.15) is 5.26 Å². The van der Waals surface area contributed by atoms with Crippen LogP contribution in [0.5, 0.6) is 0 Å². The Morgan fingerprint density at radius 3 is 3.00 bits per heavy atom. The lowest BCUT2D eigenvalue weighted by Crippen LogP contribution is -2.06. The Morgan fingerprint density at radius 1 is 1.50 bits per heavy atom. The van der Waals surface area contributed by atoms with Crippen LogP contribution in [-0.2, 0) is 0 Å². The second-order valence-electron chi connectivity index (χ2n) is 2.99. The molecule has 0 spiro atoms. The predicted octanol–water partition coefficient (Wildman–Crippen LogP) is 2.48. The van der Waals surface area contributed by atoms with E-state index in [-0.39, 0.29) is 0 Å². The highest BCUT2D eigenvalue weighted by atomic mass is 32.2. The number of benzene rings is 1. The maximum atomic E-state index is 12.8. The van der Waals surface area contributed by atoms with E-state index in [0.29, 0.717) is 23.5 Å². The van der Waals surface area contributed by atoms with Crippen molar-refractivity contribution in [3.05, 3.63) is 29.6 Å². The molecule has 82 valence electrons. The van der Waals surface area contributed by atoms with Gasteiger partial charge in [0.2, 0.25) is 0 Å². The molecule has 0 fully saturated rings. The molecule has 4 heteroatoms. The number of thioether (sulfide) groups is 1. The highest BCUT2D eigenvalue weighted by molar-refractivity contribution is 7.99. The van der Waals surface area contributed by atoms with Crippen LogP contribution in [0.2, 0.25) is 0 Å². The van der Waals surface area contributed by atoms with Crippen LogP contribution in [0.15, 0.2) is 18.2 Å². The number of terminal acetylenes is 1. The minimum absolute atomic E-state index is 0.321. The molecule has 0 saturated heterocycles. The van der Waals surface area contributed by atoms with Crippen LogP contribution >= 0.6 is 11.8 Å². The van der Waals surface area contributed by atoms with Gasteiger partial charge < -0.3 is 5.32 Å². The zero-order valence-corrected chi connectivity index (χ0v) is 9.48. The van der Waals surface area contributed by atoms with Crippen molar-refractivity contribution in [3.8, 4) is 18.4 Å². The molecule has 0 aliphatic heterocycles. The predicted molar refractivity (Wildman–Crippen MR) is 65.8 cm³/mol. The van der Waals surface area contributed by atoms with Crippen LogP contribution in [-0.4, -0.2) is 18.1 Å². The number of nitrogens with zero attached hydrogens (tertiary/aromatic N) is 1. The van der Waals surface area contributed by atoms with Crippen molar-refractivity contribution in [1.82, 2.24) is 0 Å². The molecule has 0 atom stereocenters. The monoisotopic (exact) mass is 234 g/mol. The van der Waals surface area contributed by atoms with E-state index in [9.17, 15) is 4.39 Å². The molecule has 0 heterocycles. The smallest absolute Gasteiger partial charge is 0.124 e. The fourth-order valence-electron chi connectivity index (χ4n) is 1.15. The topological polar surface area (TPSA) is 35.8 Å². The Labute approximate surface area is 98.9 Å². The van der Waals surface area contributed by atoms with E-state index >= 15 is 0 Å². The standard InChI is InChI=1S/C12H11FN2S/c1-2-6-16-7-5-15-12-4-3-11(13)8-10(12)9-14/h1,3-4,8,15H,5-7H2. The molecule has 2 nitrogen and oxygen atoms in total. The van der Waals surface area contributed by atoms with Gasteiger partial charge in [-0.1, -0.05) is 5.92 Å². The van der Waals surface area contributed by atoms with E-state index in [1.54, 1.807) is 17.8 Å². The highest BCUT2D eigenvalue weighted by Crippen LogP contribution is 2.15. The van der Waals surface area contributed by atoms with Gasteiger partial charge in [0.1, 0.15) is 11.9 Å². The summed E-state index contributed by atoms with van der Waals surface area (Å²) in [5.41, 5.74) is 0.979. The average molecular weight is 234 g/mol. The van der Waals surface area contributed by atoms with E-state index in [1.165, 1.54) is 12.1 Å². The number of anilines is 1. The molecule has 1 aromatic carbocycles. The fourth-order valence-corrected chi connectivity index (χ4v) is 1.66. The normalized spacial score (nSPS) is 9.19. The molecule has 0 amide bonds. The van der Waals surface area contributed by atoms with Gasteiger partial charge in [0, 0.05) is 12.3 Å². The summed E-state index contributed by atoms with van der Waals surface area (Å²) in [5, 5.41) is 11.9. The van der Waals surface area contributed by atoms with Crippen LogP contribution in [0.1, 0.15) is 5.56 Å². The van der Waals surface area contributed by atoms with Gasteiger partial charge in [0.25, 0.3) is 0 Å². The van der Waals surface area contributed by atoms with Gasteiger partial charge in [-0.25, -0.2) is 4.39 Å². The third kappa shape index (κ3) is 3.84. The number of nitriles is 1. The van der Waals surface area contributed by atoms with Gasteiger partial charge in [-0.15, -0.1) is 18.2 Å². The summed E-state index contributed by atoms with van der Waals surface area (Å²) in [6.45, 7) is 0.701. The first-order valence-electron chi connectivity index (χ1n) is 4.72. The molecule has 0 bridgehead atoms. The van der Waals surface area contributed by atoms with Crippen molar-refractivity contribution >= 4 is 17.4 Å². The molecule has 0 saturated carbocycles. The van der Waals surface area contributed by atoms with Crippen molar-refractivity contribution in [2.24, 2.45) is 0 Å². The second kappa shape index (κ2) is 6.76. The number of hydrogen-bond acceptors (Lipinski definition) is 3. The second-order valence-corrected chi connectivity index (χ2v) is 4.09. The Bertz CT molecular complexity index is 432. The number of hydrogen-bond donors (Lipinski definition) is 1. The van der Waals surface area contributed by atoms with E-state index in [2.05, 4.69) is 11.2 Å². The van der Waals surface area contributed by atoms with Gasteiger partial charge in [0.05, 0.1) is 17.0 Å². The van der Waals surface area contributed by atoms with Crippen LogP contribution in [0.4, 0.5) is 10.1 Å². The van der Waals surface area contributed by atoms with Crippen LogP contribution in [0.25, 0.3) is 0 Å². The van der Waals surface area contributed by atoms with E-state index in [0.717, 1.165) is 5.75 Å². The maximum Gasteiger partial charge on any atom is 0.124 e. The molecular weight excluding hydrogens is 223 g/mol. The number of halogens is 1. The summed E-state index contributed by atoms with van der Waals surface area (Å²) in [7, 11) is 0. The Balaban J connectivity index is 2.48. The van der Waals surface area contributed by atoms with Gasteiger partial charge >= 0.3 is 0 Å². The summed E-state index contributed by atoms with van der Waals surface area (Å²) in [6, 6.07) is 6.07. The molecule has 0 unspecified atom stereocenters. The number of nitrogens with one attached hydrogen (secondary N) is 1. The lowest BCUT2D eigenvalue weighted by Gasteiger charge is -2.07. The lowest BCUT2D eigenvalue weighted by molar-refractivity contribution is 0.627. The summed E-state index contributed by atoms with van der Waals surface area (Å²) >= 11 is 1.63. The zero-order chi connectivity index (χ0) is 11.8. The molecule has 1 rings (SSSR count). The van der Waals surface area contributed by atoms with E-state index in [1.807, 2.05) is 6.07 Å². The minimum Gasteiger partial charge on any atom is -0.383 e. The van der Waals surface area contributed by atoms with Crippen molar-refractivity contribution in [3.63, 3.8) is 0 Å². The van der Waals surface area contributed by atoms with E-state index < -0.39 is 5.82 Å². The van der Waals surface area contributed by atoms with Crippen LogP contribution in [0.3, 0.4) is 0 Å². The summed E-state index contributed by atoms with van der Waals surface area (Å²) in [5.74, 6) is 3.66.